The number of nitrogens with two attached hydrogens (primary N) is 1. The van der Waals surface area contributed by atoms with E-state index >= 15 is 0 Å². The van der Waals surface area contributed by atoms with E-state index in [0.29, 0.717) is 37.4 Å². The summed E-state index contributed by atoms with van der Waals surface area (Å²) in [5.41, 5.74) is 5.14. The average Bonchev–Trinajstić information content (AvgIpc) is 3.07. The molecule has 26 heavy (non-hydrogen) atoms. The van der Waals surface area contributed by atoms with Crippen molar-refractivity contribution < 1.29 is 19.1 Å². The summed E-state index contributed by atoms with van der Waals surface area (Å²) in [5, 5.41) is 0. The largest absolute Gasteiger partial charge is 0.484 e. The van der Waals surface area contributed by atoms with Gasteiger partial charge in [0.05, 0.1) is 5.41 Å². The third-order valence-electron chi connectivity index (χ3n) is 5.31. The van der Waals surface area contributed by atoms with Gasteiger partial charge in [-0.1, -0.05) is 6.07 Å². The molecule has 2 aliphatic heterocycles. The zero-order valence-corrected chi connectivity index (χ0v) is 15.1. The van der Waals surface area contributed by atoms with E-state index in [1.165, 1.54) is 0 Å². The van der Waals surface area contributed by atoms with Crippen LogP contribution in [-0.4, -0.2) is 60.3 Å². The second-order valence-corrected chi connectivity index (χ2v) is 7.03. The van der Waals surface area contributed by atoms with Crippen molar-refractivity contribution in [1.29, 1.82) is 0 Å². The first-order valence-corrected chi connectivity index (χ1v) is 9.05. The molecule has 0 radical (unpaired) electrons. The molecule has 3 rings (SSSR count). The van der Waals surface area contributed by atoms with E-state index in [1.807, 2.05) is 11.8 Å². The molecule has 1 aromatic carbocycles. The van der Waals surface area contributed by atoms with Crippen molar-refractivity contribution >= 4 is 17.7 Å². The molecule has 0 saturated carbocycles. The lowest BCUT2D eigenvalue weighted by atomic mass is 9.78. The Kier molecular flexibility index (Phi) is 5.15. The van der Waals surface area contributed by atoms with Crippen molar-refractivity contribution in [2.45, 2.75) is 26.2 Å². The van der Waals surface area contributed by atoms with Crippen LogP contribution in [0.5, 0.6) is 5.75 Å². The van der Waals surface area contributed by atoms with Gasteiger partial charge in [-0.3, -0.25) is 14.4 Å². The van der Waals surface area contributed by atoms with Crippen LogP contribution in [-0.2, 0) is 9.59 Å². The van der Waals surface area contributed by atoms with Crippen molar-refractivity contribution in [1.82, 2.24) is 9.80 Å². The van der Waals surface area contributed by atoms with Gasteiger partial charge in [0.1, 0.15) is 5.75 Å². The van der Waals surface area contributed by atoms with E-state index in [-0.39, 0.29) is 18.4 Å². The molecule has 1 atom stereocenters. The number of nitrogens with zero attached hydrogens (tertiary/aromatic N) is 2. The zero-order valence-electron chi connectivity index (χ0n) is 15.1. The number of ether oxygens (including phenoxy) is 1. The van der Waals surface area contributed by atoms with Crippen LogP contribution in [0.25, 0.3) is 0 Å². The fourth-order valence-electron chi connectivity index (χ4n) is 3.93. The van der Waals surface area contributed by atoms with Crippen LogP contribution in [0.3, 0.4) is 0 Å². The molecule has 7 heteroatoms. The summed E-state index contributed by atoms with van der Waals surface area (Å²) in [6.45, 7) is 4.33. The number of benzene rings is 1. The summed E-state index contributed by atoms with van der Waals surface area (Å²) in [6.07, 6.45) is 2.54. The highest BCUT2D eigenvalue weighted by molar-refractivity contribution is 5.96. The summed E-state index contributed by atoms with van der Waals surface area (Å²) < 4.78 is 5.27. The number of rotatable bonds is 5. The first-order valence-electron chi connectivity index (χ1n) is 9.05. The highest BCUT2D eigenvalue weighted by Gasteiger charge is 2.49. The van der Waals surface area contributed by atoms with Crippen molar-refractivity contribution in [2.75, 3.05) is 32.8 Å². The number of primary amides is 1. The molecule has 2 aliphatic rings. The smallest absolute Gasteiger partial charge is 0.255 e. The van der Waals surface area contributed by atoms with Gasteiger partial charge in [0.25, 0.3) is 11.8 Å². The Bertz CT molecular complexity index is 720. The van der Waals surface area contributed by atoms with E-state index in [0.717, 1.165) is 19.4 Å². The van der Waals surface area contributed by atoms with Gasteiger partial charge in [0.15, 0.2) is 6.61 Å². The monoisotopic (exact) mass is 359 g/mol. The minimum Gasteiger partial charge on any atom is -0.484 e. The fraction of sp³-hybridized carbons (Fsp3) is 0.526. The minimum atomic E-state index is -0.570. The number of piperidine rings is 1. The third kappa shape index (κ3) is 3.52. The molecule has 0 bridgehead atoms. The van der Waals surface area contributed by atoms with Crippen molar-refractivity contribution in [2.24, 2.45) is 11.1 Å². The first-order chi connectivity index (χ1) is 12.4. The van der Waals surface area contributed by atoms with E-state index in [2.05, 4.69) is 0 Å². The van der Waals surface area contributed by atoms with Gasteiger partial charge in [-0.05, 0) is 44.4 Å². The normalized spacial score (nSPS) is 22.7. The van der Waals surface area contributed by atoms with Crippen LogP contribution in [0, 0.1) is 5.41 Å². The van der Waals surface area contributed by atoms with Gasteiger partial charge >= 0.3 is 0 Å². The molecule has 3 amide bonds. The Hall–Kier alpha value is -2.57. The van der Waals surface area contributed by atoms with E-state index in [9.17, 15) is 14.4 Å². The maximum absolute atomic E-state index is 12.9. The Balaban J connectivity index is 1.71. The summed E-state index contributed by atoms with van der Waals surface area (Å²) in [5.74, 6) is -0.0816. The van der Waals surface area contributed by atoms with Gasteiger partial charge in [-0.15, -0.1) is 0 Å². The van der Waals surface area contributed by atoms with Gasteiger partial charge in [-0.25, -0.2) is 0 Å². The molecule has 1 spiro atoms. The minimum absolute atomic E-state index is 0.118. The number of likely N-dealkylation sites (tertiary alicyclic amines) is 2. The van der Waals surface area contributed by atoms with E-state index in [1.54, 1.807) is 29.2 Å². The highest BCUT2D eigenvalue weighted by Crippen LogP contribution is 2.40. The lowest BCUT2D eigenvalue weighted by molar-refractivity contribution is -0.145. The Morgan fingerprint density at radius 2 is 2.08 bits per heavy atom. The lowest BCUT2D eigenvalue weighted by Crippen LogP contribution is -2.50. The molecule has 0 unspecified atom stereocenters. The Morgan fingerprint density at radius 1 is 1.27 bits per heavy atom. The van der Waals surface area contributed by atoms with Crippen molar-refractivity contribution in [3.05, 3.63) is 29.8 Å². The summed E-state index contributed by atoms with van der Waals surface area (Å²) in [4.78, 5) is 40.2. The van der Waals surface area contributed by atoms with Crippen LogP contribution in [0.1, 0.15) is 36.5 Å². The van der Waals surface area contributed by atoms with Gasteiger partial charge in [-0.2, -0.15) is 0 Å². The molecule has 140 valence electrons. The standard InChI is InChI=1S/C19H25N3O4/c1-2-21-9-4-7-19(18(21)25)8-10-22(13-19)17(24)14-5-3-6-15(11-14)26-12-16(20)23/h3,5-6,11H,2,4,7-10,12-13H2,1H3,(H2,20,23)/t19-/m0/s1. The predicted molar refractivity (Wildman–Crippen MR) is 95.6 cm³/mol. The fourth-order valence-corrected chi connectivity index (χ4v) is 3.93. The number of hydrogen-bond donors (Lipinski definition) is 1. The molecule has 2 fully saturated rings. The number of hydrogen-bond acceptors (Lipinski definition) is 4. The quantitative estimate of drug-likeness (QED) is 0.850. The summed E-state index contributed by atoms with van der Waals surface area (Å²) in [6, 6.07) is 6.71. The van der Waals surface area contributed by atoms with Gasteiger partial charge in [0, 0.05) is 31.7 Å². The molecule has 2 heterocycles. The summed E-state index contributed by atoms with van der Waals surface area (Å²) >= 11 is 0. The van der Waals surface area contributed by atoms with Gasteiger partial charge < -0.3 is 20.3 Å². The van der Waals surface area contributed by atoms with Crippen molar-refractivity contribution in [3.8, 4) is 5.75 Å². The third-order valence-corrected chi connectivity index (χ3v) is 5.31. The number of carbonyl (C=O) groups is 3. The highest BCUT2D eigenvalue weighted by atomic mass is 16.5. The zero-order chi connectivity index (χ0) is 18.7. The molecule has 0 aromatic heterocycles. The lowest BCUT2D eigenvalue weighted by Gasteiger charge is -2.38. The first kappa shape index (κ1) is 18.2. The van der Waals surface area contributed by atoms with Crippen LogP contribution in [0.2, 0.25) is 0 Å². The second-order valence-electron chi connectivity index (χ2n) is 7.03. The van der Waals surface area contributed by atoms with Crippen molar-refractivity contribution in [3.63, 3.8) is 0 Å². The average molecular weight is 359 g/mol. The topological polar surface area (TPSA) is 92.9 Å². The SMILES string of the molecule is CCN1CCC[C@@]2(CCN(C(=O)c3cccc(OCC(N)=O)c3)C2)C1=O. The predicted octanol–water partition coefficient (Wildman–Crippen LogP) is 1.03. The molecular weight excluding hydrogens is 334 g/mol. The van der Waals surface area contributed by atoms with Crippen LogP contribution >= 0.6 is 0 Å². The van der Waals surface area contributed by atoms with E-state index in [4.69, 9.17) is 10.5 Å². The van der Waals surface area contributed by atoms with Crippen LogP contribution < -0.4 is 10.5 Å². The molecule has 2 saturated heterocycles. The van der Waals surface area contributed by atoms with Gasteiger partial charge in [0.2, 0.25) is 5.91 Å². The number of carbonyl (C=O) groups excluding carboxylic acids is 3. The van der Waals surface area contributed by atoms with E-state index < -0.39 is 11.3 Å². The molecule has 1 aromatic rings. The molecule has 0 aliphatic carbocycles. The Labute approximate surface area is 153 Å². The van der Waals surface area contributed by atoms with Crippen LogP contribution in [0.15, 0.2) is 24.3 Å². The number of amides is 3. The maximum Gasteiger partial charge on any atom is 0.255 e. The molecule has 2 N–H and O–H groups in total. The molecule has 7 nitrogen and oxygen atoms in total. The molecular formula is C19H25N3O4. The summed E-state index contributed by atoms with van der Waals surface area (Å²) in [7, 11) is 0. The van der Waals surface area contributed by atoms with Crippen LogP contribution in [0.4, 0.5) is 0 Å². The maximum atomic E-state index is 12.9. The second kappa shape index (κ2) is 7.35. The Morgan fingerprint density at radius 3 is 2.81 bits per heavy atom.